The van der Waals surface area contributed by atoms with Crippen LogP contribution in [0.15, 0.2) is 0 Å². The van der Waals surface area contributed by atoms with Crippen LogP contribution in [0.2, 0.25) is 0 Å². The molecule has 0 aromatic rings. The smallest absolute Gasteiger partial charge is 0.210 e. The first-order valence-electron chi connectivity index (χ1n) is 8.36. The highest BCUT2D eigenvalue weighted by Crippen LogP contribution is 2.51. The number of rotatable bonds is 1. The molecular formula is C16H25IO6. The minimum absolute atomic E-state index is 0.177. The Hall–Kier alpha value is 0.490. The average molecular weight is 440 g/mol. The molecule has 1 spiro atoms. The highest BCUT2D eigenvalue weighted by atomic mass is 127. The SMILES string of the molecule is CC1(C)OC[C@H]([C@H]2O[C@]3(OCCCC3I)[C@H]3OC(C)(C)O[C@@H]23)O1. The summed E-state index contributed by atoms with van der Waals surface area (Å²) in [5.74, 6) is -1.99. The van der Waals surface area contributed by atoms with Crippen molar-refractivity contribution >= 4 is 22.6 Å². The molecule has 1 unspecified atom stereocenters. The molecule has 4 rings (SSSR count). The molecular weight excluding hydrogens is 415 g/mol. The summed E-state index contributed by atoms with van der Waals surface area (Å²) in [4.78, 5) is 0. The number of hydrogen-bond acceptors (Lipinski definition) is 6. The minimum atomic E-state index is -0.752. The molecule has 6 atom stereocenters. The molecule has 4 fully saturated rings. The molecule has 4 saturated heterocycles. The Morgan fingerprint density at radius 3 is 2.30 bits per heavy atom. The lowest BCUT2D eigenvalue weighted by molar-refractivity contribution is -0.307. The van der Waals surface area contributed by atoms with E-state index in [0.29, 0.717) is 13.2 Å². The summed E-state index contributed by atoms with van der Waals surface area (Å²) in [5.41, 5.74) is 0. The van der Waals surface area contributed by atoms with Crippen molar-refractivity contribution < 1.29 is 28.4 Å². The van der Waals surface area contributed by atoms with E-state index in [2.05, 4.69) is 22.6 Å². The van der Waals surface area contributed by atoms with Gasteiger partial charge in [-0.15, -0.1) is 0 Å². The van der Waals surface area contributed by atoms with Crippen molar-refractivity contribution in [1.29, 1.82) is 0 Å². The van der Waals surface area contributed by atoms with Gasteiger partial charge in [-0.1, -0.05) is 22.6 Å². The van der Waals surface area contributed by atoms with Crippen LogP contribution in [0.4, 0.5) is 0 Å². The Morgan fingerprint density at radius 1 is 0.870 bits per heavy atom. The Bertz CT molecular complexity index is 483. The summed E-state index contributed by atoms with van der Waals surface area (Å²) in [6.07, 6.45) is 1.22. The standard InChI is InChI=1S/C16H25IO6/c1-14(2)19-8-9(20-14)11-12-13(23-15(3,4)21-12)16(22-11)10(17)6-5-7-18-16/h9-13H,5-8H2,1-4H3/t9-,10?,11-,12+,13+,16+/m1/s1. The van der Waals surface area contributed by atoms with Gasteiger partial charge in [0.05, 0.1) is 17.1 Å². The van der Waals surface area contributed by atoms with Crippen LogP contribution in [0.5, 0.6) is 0 Å². The maximum Gasteiger partial charge on any atom is 0.210 e. The van der Waals surface area contributed by atoms with Crippen molar-refractivity contribution in [2.24, 2.45) is 0 Å². The van der Waals surface area contributed by atoms with Crippen molar-refractivity contribution in [3.63, 3.8) is 0 Å². The molecule has 132 valence electrons. The molecule has 0 amide bonds. The highest BCUT2D eigenvalue weighted by molar-refractivity contribution is 14.1. The molecule has 0 aliphatic carbocycles. The van der Waals surface area contributed by atoms with E-state index >= 15 is 0 Å². The van der Waals surface area contributed by atoms with Gasteiger partial charge in [-0.3, -0.25) is 0 Å². The van der Waals surface area contributed by atoms with E-state index in [1.807, 2.05) is 27.7 Å². The summed E-state index contributed by atoms with van der Waals surface area (Å²) >= 11 is 2.42. The molecule has 4 aliphatic heterocycles. The topological polar surface area (TPSA) is 55.4 Å². The highest BCUT2D eigenvalue weighted by Gasteiger charge is 2.68. The first-order valence-corrected chi connectivity index (χ1v) is 9.60. The van der Waals surface area contributed by atoms with Crippen LogP contribution in [0.1, 0.15) is 40.5 Å². The van der Waals surface area contributed by atoms with Gasteiger partial charge in [0, 0.05) is 0 Å². The number of alkyl halides is 1. The molecule has 0 N–H and O–H groups in total. The second-order valence-corrected chi connectivity index (χ2v) is 9.15. The van der Waals surface area contributed by atoms with Crippen molar-refractivity contribution in [2.75, 3.05) is 13.2 Å². The second kappa shape index (κ2) is 5.49. The van der Waals surface area contributed by atoms with Crippen molar-refractivity contribution in [2.45, 2.75) is 86.2 Å². The van der Waals surface area contributed by atoms with E-state index < -0.39 is 17.4 Å². The molecule has 0 aromatic carbocycles. The van der Waals surface area contributed by atoms with E-state index in [-0.39, 0.29) is 28.3 Å². The van der Waals surface area contributed by atoms with E-state index in [1.165, 1.54) is 0 Å². The average Bonchev–Trinajstić information content (AvgIpc) is 3.05. The van der Waals surface area contributed by atoms with Gasteiger partial charge in [-0.25, -0.2) is 0 Å². The molecule has 0 bridgehead atoms. The van der Waals surface area contributed by atoms with E-state index in [1.54, 1.807) is 0 Å². The van der Waals surface area contributed by atoms with Gasteiger partial charge >= 0.3 is 0 Å². The largest absolute Gasteiger partial charge is 0.348 e. The van der Waals surface area contributed by atoms with Gasteiger partial charge in [0.1, 0.15) is 24.4 Å². The fourth-order valence-electron chi connectivity index (χ4n) is 4.01. The number of halogens is 1. The van der Waals surface area contributed by atoms with Crippen molar-refractivity contribution in [1.82, 2.24) is 0 Å². The van der Waals surface area contributed by atoms with Crippen LogP contribution in [0, 0.1) is 0 Å². The summed E-state index contributed by atoms with van der Waals surface area (Å²) in [5, 5.41) is 0. The lowest BCUT2D eigenvalue weighted by Gasteiger charge is -2.41. The number of fused-ring (bicyclic) bond motifs is 2. The molecule has 0 saturated carbocycles. The fourth-order valence-corrected chi connectivity index (χ4v) is 5.13. The molecule has 4 heterocycles. The van der Waals surface area contributed by atoms with Gasteiger partial charge in [0.2, 0.25) is 5.79 Å². The second-order valence-electron chi connectivity index (χ2n) is 7.65. The zero-order chi connectivity index (χ0) is 16.5. The Balaban J connectivity index is 1.64. The lowest BCUT2D eigenvalue weighted by Crippen LogP contribution is -2.54. The van der Waals surface area contributed by atoms with Gasteiger partial charge in [0.25, 0.3) is 0 Å². The first kappa shape index (κ1) is 16.9. The molecule has 0 radical (unpaired) electrons. The third-order valence-electron chi connectivity index (χ3n) is 4.93. The Labute approximate surface area is 150 Å². The molecule has 6 nitrogen and oxygen atoms in total. The summed E-state index contributed by atoms with van der Waals surface area (Å²) in [6.45, 7) is 8.90. The summed E-state index contributed by atoms with van der Waals surface area (Å²) in [7, 11) is 0. The van der Waals surface area contributed by atoms with E-state index in [4.69, 9.17) is 28.4 Å². The van der Waals surface area contributed by atoms with Crippen LogP contribution in [0.25, 0.3) is 0 Å². The summed E-state index contributed by atoms with van der Waals surface area (Å²) < 4.78 is 37.0. The predicted octanol–water partition coefficient (Wildman–Crippen LogP) is 2.37. The number of hydrogen-bond donors (Lipinski definition) is 0. The van der Waals surface area contributed by atoms with Gasteiger partial charge in [-0.05, 0) is 40.5 Å². The van der Waals surface area contributed by atoms with Crippen molar-refractivity contribution in [3.05, 3.63) is 0 Å². The van der Waals surface area contributed by atoms with Crippen LogP contribution in [0.3, 0.4) is 0 Å². The van der Waals surface area contributed by atoms with Crippen LogP contribution in [-0.4, -0.2) is 58.9 Å². The molecule has 7 heteroatoms. The Morgan fingerprint density at radius 2 is 1.65 bits per heavy atom. The third kappa shape index (κ3) is 2.76. The van der Waals surface area contributed by atoms with Gasteiger partial charge in [-0.2, -0.15) is 0 Å². The van der Waals surface area contributed by atoms with E-state index in [0.717, 1.165) is 12.8 Å². The molecule has 23 heavy (non-hydrogen) atoms. The monoisotopic (exact) mass is 440 g/mol. The first-order chi connectivity index (χ1) is 10.7. The Kier molecular flexibility index (Phi) is 4.04. The maximum absolute atomic E-state index is 6.46. The lowest BCUT2D eigenvalue weighted by atomic mass is 9.96. The zero-order valence-corrected chi connectivity index (χ0v) is 16.2. The van der Waals surface area contributed by atoms with Gasteiger partial charge < -0.3 is 28.4 Å². The van der Waals surface area contributed by atoms with Crippen LogP contribution < -0.4 is 0 Å². The summed E-state index contributed by atoms with van der Waals surface area (Å²) in [6, 6.07) is 0. The fraction of sp³-hybridized carbons (Fsp3) is 1.00. The number of ether oxygens (including phenoxy) is 6. The van der Waals surface area contributed by atoms with Gasteiger partial charge in [0.15, 0.2) is 11.6 Å². The quantitative estimate of drug-likeness (QED) is 0.461. The van der Waals surface area contributed by atoms with Crippen molar-refractivity contribution in [3.8, 4) is 0 Å². The third-order valence-corrected chi connectivity index (χ3v) is 6.42. The normalized spacial score (nSPS) is 51.3. The maximum atomic E-state index is 6.46. The van der Waals surface area contributed by atoms with E-state index in [9.17, 15) is 0 Å². The zero-order valence-electron chi connectivity index (χ0n) is 14.0. The predicted molar refractivity (Wildman–Crippen MR) is 89.3 cm³/mol. The molecule has 0 aromatic heterocycles. The van der Waals surface area contributed by atoms with Crippen LogP contribution >= 0.6 is 22.6 Å². The van der Waals surface area contributed by atoms with Crippen LogP contribution in [-0.2, 0) is 28.4 Å². The minimum Gasteiger partial charge on any atom is -0.348 e. The molecule has 4 aliphatic rings.